The molecule has 15 rings (SSSR count). The Morgan fingerprint density at radius 3 is 0.950 bits per heavy atom. The average Bonchev–Trinajstić information content (AvgIpc) is 4.17. The number of rotatable bonds is 10. The Labute approximate surface area is 472 Å². The number of aryl methyl sites for hydroxylation is 2. The van der Waals surface area contributed by atoms with Crippen molar-refractivity contribution in [1.82, 2.24) is 0 Å². The number of anilines is 6. The number of furan rings is 2. The summed E-state index contributed by atoms with van der Waals surface area (Å²) in [6.07, 6.45) is 26.6. The Hall–Kier alpha value is -7.30. The van der Waals surface area contributed by atoms with Crippen LogP contribution in [0.2, 0.25) is 0 Å². The highest BCUT2D eigenvalue weighted by atomic mass is 16.3. The summed E-state index contributed by atoms with van der Waals surface area (Å²) in [6.45, 7) is 4.46. The third-order valence-corrected chi connectivity index (χ3v) is 20.2. The van der Waals surface area contributed by atoms with E-state index in [1.807, 2.05) is 0 Å². The molecule has 4 aliphatic rings. The van der Waals surface area contributed by atoms with Gasteiger partial charge in [-0.1, -0.05) is 138 Å². The summed E-state index contributed by atoms with van der Waals surface area (Å²) in [5, 5.41) is 9.17. The molecule has 0 amide bonds. The molecule has 402 valence electrons. The minimum Gasteiger partial charge on any atom is -0.456 e. The van der Waals surface area contributed by atoms with Gasteiger partial charge < -0.3 is 18.6 Å². The van der Waals surface area contributed by atoms with E-state index in [4.69, 9.17) is 8.83 Å². The molecule has 4 aliphatic carbocycles. The number of hydrogen-bond donors (Lipinski definition) is 0. The van der Waals surface area contributed by atoms with Crippen molar-refractivity contribution in [1.29, 1.82) is 0 Å². The van der Waals surface area contributed by atoms with E-state index in [2.05, 4.69) is 181 Å². The molecule has 80 heavy (non-hydrogen) atoms. The molecule has 4 saturated carbocycles. The minimum atomic E-state index is 0.671. The second-order valence-corrected chi connectivity index (χ2v) is 25.0. The molecule has 0 unspecified atom stereocenters. The molecule has 0 bridgehead atoms. The summed E-state index contributed by atoms with van der Waals surface area (Å²) in [5.74, 6) is 2.68. The third kappa shape index (κ3) is 9.06. The summed E-state index contributed by atoms with van der Waals surface area (Å²) in [5.41, 5.74) is 19.0. The van der Waals surface area contributed by atoms with Gasteiger partial charge >= 0.3 is 0 Å². The maximum atomic E-state index is 7.16. The van der Waals surface area contributed by atoms with Gasteiger partial charge in [0.15, 0.2) is 0 Å². The highest BCUT2D eigenvalue weighted by Gasteiger charge is 2.26. The monoisotopic (exact) mass is 1050 g/mol. The first-order valence-electron chi connectivity index (χ1n) is 31.1. The van der Waals surface area contributed by atoms with Crippen LogP contribution in [-0.2, 0) is 0 Å². The molecule has 2 heterocycles. The van der Waals surface area contributed by atoms with Crippen molar-refractivity contribution in [3.8, 4) is 0 Å². The van der Waals surface area contributed by atoms with E-state index < -0.39 is 0 Å². The Morgan fingerprint density at radius 2 is 0.600 bits per heavy atom. The predicted octanol–water partition coefficient (Wildman–Crippen LogP) is 23.5. The van der Waals surface area contributed by atoms with Crippen molar-refractivity contribution in [3.05, 3.63) is 191 Å². The lowest BCUT2D eigenvalue weighted by atomic mass is 9.84. The van der Waals surface area contributed by atoms with Crippen molar-refractivity contribution < 1.29 is 8.83 Å². The van der Waals surface area contributed by atoms with Gasteiger partial charge in [0.25, 0.3) is 0 Å². The van der Waals surface area contributed by atoms with Crippen LogP contribution in [0.15, 0.2) is 167 Å². The van der Waals surface area contributed by atoms with Gasteiger partial charge in [0.1, 0.15) is 22.3 Å². The first-order chi connectivity index (χ1) is 39.5. The van der Waals surface area contributed by atoms with E-state index >= 15 is 0 Å². The standard InChI is InChI=1S/C76H76N2O2/c1-49-50(2)75-74(70-46-60-32-42-68(44-62(60)48-72(70)79-75)78(65-37-27-57(28-38-65)53-19-11-5-12-20-53)66-39-29-58(30-40-66)54-21-13-6-14-22-54)76-73(49)69-45-59-31-41-67(43-61(59)47-71(69)80-76)77(63-33-23-55(24-34-63)51-15-7-3-8-16-51)64-35-25-56(26-36-64)52-17-9-4-10-18-52/h23-48,51-54H,3-22H2,1-2H3. The number of fused-ring (bicyclic) bond motifs is 9. The van der Waals surface area contributed by atoms with Gasteiger partial charge in [0.2, 0.25) is 0 Å². The lowest BCUT2D eigenvalue weighted by Crippen LogP contribution is -2.11. The molecular weight excluding hydrogens is 973 g/mol. The molecule has 0 atom stereocenters. The van der Waals surface area contributed by atoms with Crippen LogP contribution in [0.3, 0.4) is 0 Å². The molecule has 0 aliphatic heterocycles. The Kier molecular flexibility index (Phi) is 13.0. The summed E-state index contributed by atoms with van der Waals surface area (Å²) < 4.78 is 14.2. The molecule has 4 nitrogen and oxygen atoms in total. The molecule has 0 N–H and O–H groups in total. The lowest BCUT2D eigenvalue weighted by molar-refractivity contribution is 0.443. The molecule has 9 aromatic carbocycles. The van der Waals surface area contributed by atoms with Gasteiger partial charge in [-0.05, 0) is 241 Å². The molecule has 4 heteroatoms. The number of hydrogen-bond acceptors (Lipinski definition) is 4. The van der Waals surface area contributed by atoms with Crippen LogP contribution in [0.4, 0.5) is 34.1 Å². The molecule has 2 aromatic heterocycles. The molecule has 0 spiro atoms. The molecule has 11 aromatic rings. The normalized spacial score (nSPS) is 17.4. The van der Waals surface area contributed by atoms with Gasteiger partial charge in [-0.2, -0.15) is 0 Å². The van der Waals surface area contributed by atoms with E-state index in [9.17, 15) is 0 Å². The maximum absolute atomic E-state index is 7.16. The van der Waals surface area contributed by atoms with Crippen molar-refractivity contribution in [2.24, 2.45) is 0 Å². The topological polar surface area (TPSA) is 32.8 Å². The molecular formula is C76H76N2O2. The summed E-state index contributed by atoms with van der Waals surface area (Å²) in [6, 6.07) is 61.3. The predicted molar refractivity (Wildman–Crippen MR) is 338 cm³/mol. The van der Waals surface area contributed by atoms with Gasteiger partial charge in [-0.15, -0.1) is 0 Å². The van der Waals surface area contributed by atoms with E-state index in [1.54, 1.807) is 0 Å². The fraction of sp³-hybridized carbons (Fsp3) is 0.342. The smallest absolute Gasteiger partial charge is 0.147 e. The second-order valence-electron chi connectivity index (χ2n) is 25.0. The maximum Gasteiger partial charge on any atom is 0.147 e. The van der Waals surface area contributed by atoms with E-state index in [-0.39, 0.29) is 0 Å². The van der Waals surface area contributed by atoms with E-state index in [0.29, 0.717) is 23.7 Å². The van der Waals surface area contributed by atoms with Crippen LogP contribution in [-0.4, -0.2) is 0 Å². The van der Waals surface area contributed by atoms with Crippen LogP contribution in [0, 0.1) is 13.8 Å². The third-order valence-electron chi connectivity index (χ3n) is 20.2. The van der Waals surface area contributed by atoms with Gasteiger partial charge in [0, 0.05) is 50.3 Å². The first kappa shape index (κ1) is 49.7. The molecule has 0 radical (unpaired) electrons. The van der Waals surface area contributed by atoms with Gasteiger partial charge in [0.05, 0.1) is 5.39 Å². The average molecular weight is 1050 g/mol. The Balaban J connectivity index is 0.807. The van der Waals surface area contributed by atoms with E-state index in [1.165, 1.54) is 195 Å². The van der Waals surface area contributed by atoms with Crippen LogP contribution in [0.25, 0.3) is 65.4 Å². The summed E-state index contributed by atoms with van der Waals surface area (Å²) >= 11 is 0. The molecule has 4 fully saturated rings. The summed E-state index contributed by atoms with van der Waals surface area (Å²) in [7, 11) is 0. The van der Waals surface area contributed by atoms with Crippen molar-refractivity contribution in [2.45, 2.75) is 166 Å². The fourth-order valence-electron chi connectivity index (χ4n) is 15.5. The number of nitrogens with zero attached hydrogens (tertiary/aromatic N) is 2. The Bertz CT molecular complexity index is 3920. The van der Waals surface area contributed by atoms with Gasteiger partial charge in [-0.3, -0.25) is 0 Å². The highest BCUT2D eigenvalue weighted by molar-refractivity contribution is 6.26. The second kappa shape index (κ2) is 21.0. The largest absolute Gasteiger partial charge is 0.456 e. The first-order valence-corrected chi connectivity index (χ1v) is 31.1. The van der Waals surface area contributed by atoms with Crippen LogP contribution in [0.5, 0.6) is 0 Å². The van der Waals surface area contributed by atoms with Gasteiger partial charge in [-0.25, -0.2) is 0 Å². The van der Waals surface area contributed by atoms with E-state index in [0.717, 1.165) is 66.2 Å². The van der Waals surface area contributed by atoms with Crippen LogP contribution < -0.4 is 9.80 Å². The van der Waals surface area contributed by atoms with Crippen LogP contribution in [0.1, 0.15) is 185 Å². The quantitative estimate of drug-likeness (QED) is 0.137. The minimum absolute atomic E-state index is 0.671. The zero-order chi connectivity index (χ0) is 53.3. The van der Waals surface area contributed by atoms with Crippen molar-refractivity contribution in [2.75, 3.05) is 9.80 Å². The fourth-order valence-corrected chi connectivity index (χ4v) is 15.5. The van der Waals surface area contributed by atoms with Crippen molar-refractivity contribution >= 4 is 99.5 Å². The van der Waals surface area contributed by atoms with Crippen LogP contribution >= 0.6 is 0 Å². The highest BCUT2D eigenvalue weighted by Crippen LogP contribution is 2.48. The lowest BCUT2D eigenvalue weighted by Gasteiger charge is -2.28. The Morgan fingerprint density at radius 1 is 0.287 bits per heavy atom. The van der Waals surface area contributed by atoms with Crippen molar-refractivity contribution in [3.63, 3.8) is 0 Å². The SMILES string of the molecule is Cc1c(C)c2c3cc4ccc(N(c5ccc(C6CCCCC6)cc5)c5ccc(C6CCCCC6)cc5)cc4cc3oc2c2c1oc1cc3cc(N(c4ccc(C5CCCCC5)cc4)c4ccc(C5CCCCC5)cc4)ccc3cc12. The number of benzene rings is 9. The summed E-state index contributed by atoms with van der Waals surface area (Å²) in [4.78, 5) is 4.91. The zero-order valence-corrected chi connectivity index (χ0v) is 47.2. The molecule has 0 saturated heterocycles. The zero-order valence-electron chi connectivity index (χ0n) is 47.2.